The molecule has 0 amide bonds. The largest absolute Gasteiger partial charge is 0.411 e. The lowest BCUT2D eigenvalue weighted by atomic mass is 9.82. The summed E-state index contributed by atoms with van der Waals surface area (Å²) in [4.78, 5) is 2.53. The monoisotopic (exact) mass is 258 g/mol. The van der Waals surface area contributed by atoms with Crippen molar-refractivity contribution in [1.82, 2.24) is 4.90 Å². The lowest BCUT2D eigenvalue weighted by Gasteiger charge is -2.33. The van der Waals surface area contributed by atoms with Gasteiger partial charge in [-0.1, -0.05) is 29.4 Å². The van der Waals surface area contributed by atoms with E-state index in [9.17, 15) is 0 Å². The average molecular weight is 258 g/mol. The molecule has 0 aromatic heterocycles. The van der Waals surface area contributed by atoms with Crippen LogP contribution in [0.15, 0.2) is 29.4 Å². The van der Waals surface area contributed by atoms with E-state index in [0.717, 1.165) is 38.2 Å². The van der Waals surface area contributed by atoms with E-state index in [4.69, 9.17) is 5.21 Å². The van der Waals surface area contributed by atoms with Crippen molar-refractivity contribution in [3.63, 3.8) is 0 Å². The van der Waals surface area contributed by atoms with Crippen molar-refractivity contribution in [2.75, 3.05) is 19.6 Å². The number of nitrogens with zero attached hydrogens (tertiary/aromatic N) is 2. The molecule has 1 atom stereocenters. The van der Waals surface area contributed by atoms with Gasteiger partial charge in [-0.3, -0.25) is 0 Å². The Morgan fingerprint density at radius 3 is 2.74 bits per heavy atom. The zero-order valence-corrected chi connectivity index (χ0v) is 11.4. The molecule has 0 saturated carbocycles. The number of hydrogen-bond donors (Lipinski definition) is 1. The highest BCUT2D eigenvalue weighted by Gasteiger charge is 2.24. The van der Waals surface area contributed by atoms with E-state index >= 15 is 0 Å². The summed E-state index contributed by atoms with van der Waals surface area (Å²) in [5, 5.41) is 12.2. The zero-order valence-electron chi connectivity index (χ0n) is 11.4. The van der Waals surface area contributed by atoms with E-state index in [1.54, 1.807) is 11.1 Å². The zero-order chi connectivity index (χ0) is 13.1. The summed E-state index contributed by atoms with van der Waals surface area (Å²) in [6.45, 7) is 3.24. The molecular weight excluding hydrogens is 236 g/mol. The number of hydrogen-bond acceptors (Lipinski definition) is 3. The summed E-state index contributed by atoms with van der Waals surface area (Å²) < 4.78 is 0. The molecule has 102 valence electrons. The van der Waals surface area contributed by atoms with Crippen molar-refractivity contribution in [1.29, 1.82) is 0 Å². The van der Waals surface area contributed by atoms with Crippen LogP contribution < -0.4 is 0 Å². The molecule has 3 rings (SSSR count). The standard InChI is InChI=1S/C16H22N2O/c19-17-15-8-10-18(11-9-15)12-14-6-3-5-13-4-1-2-7-16(13)14/h1-2,4,7,14,19H,3,5-6,8-12H2. The van der Waals surface area contributed by atoms with Crippen molar-refractivity contribution in [3.05, 3.63) is 35.4 Å². The molecule has 3 heteroatoms. The van der Waals surface area contributed by atoms with Gasteiger partial charge in [0.1, 0.15) is 0 Å². The van der Waals surface area contributed by atoms with Gasteiger partial charge in [0, 0.05) is 32.5 Å². The molecular formula is C16H22N2O. The fraction of sp³-hybridized carbons (Fsp3) is 0.562. The van der Waals surface area contributed by atoms with Crippen LogP contribution in [0, 0.1) is 0 Å². The molecule has 3 nitrogen and oxygen atoms in total. The highest BCUT2D eigenvalue weighted by atomic mass is 16.4. The van der Waals surface area contributed by atoms with Crippen LogP contribution >= 0.6 is 0 Å². The summed E-state index contributed by atoms with van der Waals surface area (Å²) in [6, 6.07) is 8.92. The number of aryl methyl sites for hydroxylation is 1. The smallest absolute Gasteiger partial charge is 0.0596 e. The Balaban J connectivity index is 1.65. The van der Waals surface area contributed by atoms with Crippen LogP contribution in [0.25, 0.3) is 0 Å². The Morgan fingerprint density at radius 2 is 1.95 bits per heavy atom. The molecule has 1 aliphatic heterocycles. The van der Waals surface area contributed by atoms with E-state index in [1.807, 2.05) is 0 Å². The summed E-state index contributed by atoms with van der Waals surface area (Å²) in [5.74, 6) is 0.692. The molecule has 0 radical (unpaired) electrons. The first-order valence-electron chi connectivity index (χ1n) is 7.37. The molecule has 1 aliphatic carbocycles. The lowest BCUT2D eigenvalue weighted by Crippen LogP contribution is -2.37. The maximum atomic E-state index is 8.80. The summed E-state index contributed by atoms with van der Waals surface area (Å²) in [7, 11) is 0. The number of rotatable bonds is 2. The molecule has 1 heterocycles. The maximum Gasteiger partial charge on any atom is 0.0596 e. The van der Waals surface area contributed by atoms with Gasteiger partial charge in [-0.2, -0.15) is 0 Å². The van der Waals surface area contributed by atoms with Crippen LogP contribution in [0.4, 0.5) is 0 Å². The second-order valence-corrected chi connectivity index (χ2v) is 5.75. The van der Waals surface area contributed by atoms with Crippen LogP contribution in [0.2, 0.25) is 0 Å². The second-order valence-electron chi connectivity index (χ2n) is 5.75. The lowest BCUT2D eigenvalue weighted by molar-refractivity contribution is 0.241. The van der Waals surface area contributed by atoms with E-state index in [-0.39, 0.29) is 0 Å². The van der Waals surface area contributed by atoms with E-state index < -0.39 is 0 Å². The molecule has 1 saturated heterocycles. The fourth-order valence-electron chi connectivity index (χ4n) is 3.45. The summed E-state index contributed by atoms with van der Waals surface area (Å²) >= 11 is 0. The van der Waals surface area contributed by atoms with Gasteiger partial charge in [-0.15, -0.1) is 0 Å². The topological polar surface area (TPSA) is 35.8 Å². The van der Waals surface area contributed by atoms with Gasteiger partial charge in [0.15, 0.2) is 0 Å². The third-order valence-electron chi connectivity index (χ3n) is 4.55. The van der Waals surface area contributed by atoms with Gasteiger partial charge in [0.2, 0.25) is 0 Å². The van der Waals surface area contributed by atoms with Crippen LogP contribution in [0.1, 0.15) is 42.7 Å². The van der Waals surface area contributed by atoms with Gasteiger partial charge < -0.3 is 10.1 Å². The number of fused-ring (bicyclic) bond motifs is 1. The van der Waals surface area contributed by atoms with Gasteiger partial charge in [0.25, 0.3) is 0 Å². The molecule has 1 N–H and O–H groups in total. The van der Waals surface area contributed by atoms with Crippen molar-refractivity contribution in [2.24, 2.45) is 5.16 Å². The molecule has 2 aliphatic rings. The van der Waals surface area contributed by atoms with E-state index in [1.165, 1.54) is 19.3 Å². The fourth-order valence-corrected chi connectivity index (χ4v) is 3.45. The van der Waals surface area contributed by atoms with Crippen molar-refractivity contribution >= 4 is 5.71 Å². The number of piperidine rings is 1. The first-order valence-corrected chi connectivity index (χ1v) is 7.37. The Kier molecular flexibility index (Phi) is 3.83. The normalized spacial score (nSPS) is 24.0. The second kappa shape index (κ2) is 5.74. The SMILES string of the molecule is ON=C1CCN(CC2CCCc3ccccc32)CC1. The van der Waals surface area contributed by atoms with Crippen molar-refractivity contribution < 1.29 is 5.21 Å². The van der Waals surface area contributed by atoms with E-state index in [0.29, 0.717) is 5.92 Å². The summed E-state index contributed by atoms with van der Waals surface area (Å²) in [6.07, 6.45) is 5.72. The van der Waals surface area contributed by atoms with Gasteiger partial charge >= 0.3 is 0 Å². The third kappa shape index (κ3) is 2.81. The number of oxime groups is 1. The Bertz CT molecular complexity index is 460. The van der Waals surface area contributed by atoms with Crippen LogP contribution in [-0.4, -0.2) is 35.5 Å². The van der Waals surface area contributed by atoms with Gasteiger partial charge in [-0.05, 0) is 36.3 Å². The Hall–Kier alpha value is -1.35. The molecule has 1 unspecified atom stereocenters. The highest BCUT2D eigenvalue weighted by molar-refractivity contribution is 5.84. The molecule has 1 aromatic rings. The molecule has 19 heavy (non-hydrogen) atoms. The molecule has 0 bridgehead atoms. The van der Waals surface area contributed by atoms with Crippen LogP contribution in [0.3, 0.4) is 0 Å². The Labute approximate surface area is 114 Å². The molecule has 1 aromatic carbocycles. The predicted molar refractivity (Wildman–Crippen MR) is 77.0 cm³/mol. The van der Waals surface area contributed by atoms with Gasteiger partial charge in [0.05, 0.1) is 5.71 Å². The van der Waals surface area contributed by atoms with E-state index in [2.05, 4.69) is 34.3 Å². The quantitative estimate of drug-likeness (QED) is 0.654. The Morgan fingerprint density at radius 1 is 1.16 bits per heavy atom. The van der Waals surface area contributed by atoms with Crippen molar-refractivity contribution in [2.45, 2.75) is 38.0 Å². The predicted octanol–water partition coefficient (Wildman–Crippen LogP) is 3.03. The third-order valence-corrected chi connectivity index (χ3v) is 4.55. The molecule has 1 fully saturated rings. The minimum atomic E-state index is 0.692. The minimum Gasteiger partial charge on any atom is -0.411 e. The first kappa shape index (κ1) is 12.7. The van der Waals surface area contributed by atoms with Crippen LogP contribution in [0.5, 0.6) is 0 Å². The minimum absolute atomic E-state index is 0.692. The number of benzene rings is 1. The molecule has 0 spiro atoms. The average Bonchev–Trinajstić information content (AvgIpc) is 2.48. The maximum absolute atomic E-state index is 8.80. The van der Waals surface area contributed by atoms with Crippen molar-refractivity contribution in [3.8, 4) is 0 Å². The van der Waals surface area contributed by atoms with Gasteiger partial charge in [-0.25, -0.2) is 0 Å². The van der Waals surface area contributed by atoms with Crippen LogP contribution in [-0.2, 0) is 6.42 Å². The highest BCUT2D eigenvalue weighted by Crippen LogP contribution is 2.32. The first-order chi connectivity index (χ1) is 9.36. The number of likely N-dealkylation sites (tertiary alicyclic amines) is 1. The summed E-state index contributed by atoms with van der Waals surface area (Å²) in [5.41, 5.74) is 4.07.